The Bertz CT molecular complexity index is 678. The molecule has 0 spiro atoms. The van der Waals surface area contributed by atoms with Crippen molar-refractivity contribution in [1.29, 1.82) is 0 Å². The van der Waals surface area contributed by atoms with E-state index in [-0.39, 0.29) is 29.7 Å². The number of carbonyl (C=O) groups is 2. The molecule has 1 aliphatic rings. The van der Waals surface area contributed by atoms with Crippen molar-refractivity contribution in [2.75, 3.05) is 24.3 Å². The molecule has 1 aliphatic carbocycles. The molecule has 0 saturated heterocycles. The van der Waals surface area contributed by atoms with Gasteiger partial charge in [-0.25, -0.2) is 0 Å². The lowest BCUT2D eigenvalue weighted by Crippen LogP contribution is -2.43. The fourth-order valence-corrected chi connectivity index (χ4v) is 3.11. The number of carbonyl (C=O) groups excluding carboxylic acids is 2. The van der Waals surface area contributed by atoms with Gasteiger partial charge in [-0.05, 0) is 49.4 Å². The Kier molecular flexibility index (Phi) is 6.90. The summed E-state index contributed by atoms with van der Waals surface area (Å²) in [7, 11) is 4.00. The van der Waals surface area contributed by atoms with Gasteiger partial charge in [-0.2, -0.15) is 0 Å². The molecule has 27 heavy (non-hydrogen) atoms. The van der Waals surface area contributed by atoms with Crippen LogP contribution in [0.3, 0.4) is 0 Å². The van der Waals surface area contributed by atoms with E-state index in [1.54, 1.807) is 0 Å². The normalized spacial score (nSPS) is 15.0. The van der Waals surface area contributed by atoms with Crippen molar-refractivity contribution < 1.29 is 9.59 Å². The molecule has 1 fully saturated rings. The lowest BCUT2D eigenvalue weighted by atomic mass is 10.0. The van der Waals surface area contributed by atoms with Crippen LogP contribution in [0, 0.1) is 17.8 Å². The van der Waals surface area contributed by atoms with Gasteiger partial charge in [0.25, 0.3) is 0 Å². The molecule has 0 bridgehead atoms. The molecule has 5 heteroatoms. The Morgan fingerprint density at radius 3 is 2.22 bits per heavy atom. The molecule has 1 saturated carbocycles. The van der Waals surface area contributed by atoms with Gasteiger partial charge in [0.1, 0.15) is 0 Å². The molecule has 0 heterocycles. The summed E-state index contributed by atoms with van der Waals surface area (Å²) in [5.74, 6) is 0.750. The van der Waals surface area contributed by atoms with Gasteiger partial charge in [-0.15, -0.1) is 0 Å². The third-order valence-electron chi connectivity index (χ3n) is 5.35. The largest absolute Gasteiger partial charge is 0.377 e. The maximum atomic E-state index is 12.9. The second kappa shape index (κ2) is 8.77. The van der Waals surface area contributed by atoms with Crippen molar-refractivity contribution in [3.63, 3.8) is 0 Å². The second-order valence-electron chi connectivity index (χ2n) is 8.61. The SMILES string of the molecule is CC(C)C(=O)N(Cc1cc(NC(=O)C2CC2)ccc1N(C)C)C(C)C(C)C. The van der Waals surface area contributed by atoms with E-state index in [9.17, 15) is 9.59 Å². The van der Waals surface area contributed by atoms with Gasteiger partial charge < -0.3 is 15.1 Å². The molecule has 0 aromatic heterocycles. The van der Waals surface area contributed by atoms with Gasteiger partial charge in [0.15, 0.2) is 0 Å². The van der Waals surface area contributed by atoms with E-state index in [4.69, 9.17) is 0 Å². The number of hydrogen-bond donors (Lipinski definition) is 1. The number of rotatable bonds is 8. The van der Waals surface area contributed by atoms with E-state index in [1.165, 1.54) is 0 Å². The minimum absolute atomic E-state index is 0.0493. The van der Waals surface area contributed by atoms with E-state index in [2.05, 4.69) is 31.0 Å². The van der Waals surface area contributed by atoms with E-state index < -0.39 is 0 Å². The molecule has 1 atom stereocenters. The highest BCUT2D eigenvalue weighted by atomic mass is 16.2. The zero-order chi connectivity index (χ0) is 20.3. The fourth-order valence-electron chi connectivity index (χ4n) is 3.11. The summed E-state index contributed by atoms with van der Waals surface area (Å²) in [5, 5.41) is 3.03. The van der Waals surface area contributed by atoms with Crippen LogP contribution in [0.25, 0.3) is 0 Å². The number of hydrogen-bond acceptors (Lipinski definition) is 3. The zero-order valence-electron chi connectivity index (χ0n) is 17.9. The molecule has 1 aromatic carbocycles. The van der Waals surface area contributed by atoms with Gasteiger partial charge in [-0.3, -0.25) is 9.59 Å². The van der Waals surface area contributed by atoms with Crippen LogP contribution >= 0.6 is 0 Å². The highest BCUT2D eigenvalue weighted by Gasteiger charge is 2.30. The Hall–Kier alpha value is -2.04. The molecule has 150 valence electrons. The van der Waals surface area contributed by atoms with Gasteiger partial charge >= 0.3 is 0 Å². The Morgan fingerprint density at radius 2 is 1.74 bits per heavy atom. The maximum absolute atomic E-state index is 12.9. The number of nitrogens with zero attached hydrogens (tertiary/aromatic N) is 2. The smallest absolute Gasteiger partial charge is 0.227 e. The molecule has 1 aromatic rings. The first-order chi connectivity index (χ1) is 12.6. The van der Waals surface area contributed by atoms with Crippen LogP contribution in [0.2, 0.25) is 0 Å². The third kappa shape index (κ3) is 5.47. The standard InChI is InChI=1S/C22H35N3O2/c1-14(2)16(5)25(22(27)15(3)4)13-18-12-19(10-11-20(18)24(6)7)23-21(26)17-8-9-17/h10-12,14-17H,8-9,13H2,1-7H3,(H,23,26). The molecule has 1 N–H and O–H groups in total. The number of benzene rings is 1. The minimum Gasteiger partial charge on any atom is -0.377 e. The van der Waals surface area contributed by atoms with Crippen LogP contribution in [-0.4, -0.2) is 36.9 Å². The summed E-state index contributed by atoms with van der Waals surface area (Å²) in [4.78, 5) is 29.0. The number of amides is 2. The molecule has 2 amide bonds. The Balaban J connectivity index is 2.33. The van der Waals surface area contributed by atoms with E-state index in [0.29, 0.717) is 12.5 Å². The van der Waals surface area contributed by atoms with Crippen LogP contribution in [0.5, 0.6) is 0 Å². The highest BCUT2D eigenvalue weighted by molar-refractivity contribution is 5.94. The van der Waals surface area contributed by atoms with Crippen molar-refractivity contribution in [3.05, 3.63) is 23.8 Å². The van der Waals surface area contributed by atoms with Crippen LogP contribution in [0.15, 0.2) is 18.2 Å². The van der Waals surface area contributed by atoms with Crippen LogP contribution in [-0.2, 0) is 16.1 Å². The zero-order valence-corrected chi connectivity index (χ0v) is 17.9. The van der Waals surface area contributed by atoms with Crippen molar-refractivity contribution >= 4 is 23.2 Å². The van der Waals surface area contributed by atoms with Gasteiger partial charge in [0.2, 0.25) is 11.8 Å². The molecule has 1 unspecified atom stereocenters. The van der Waals surface area contributed by atoms with Crippen molar-refractivity contribution in [2.45, 2.75) is 60.0 Å². The first-order valence-corrected chi connectivity index (χ1v) is 10.0. The number of nitrogens with one attached hydrogen (secondary N) is 1. The molecule has 2 rings (SSSR count). The molecule has 5 nitrogen and oxygen atoms in total. The van der Waals surface area contributed by atoms with Crippen molar-refractivity contribution in [3.8, 4) is 0 Å². The molecule has 0 radical (unpaired) electrons. The van der Waals surface area contributed by atoms with Crippen LogP contribution in [0.4, 0.5) is 11.4 Å². The highest BCUT2D eigenvalue weighted by Crippen LogP contribution is 2.31. The lowest BCUT2D eigenvalue weighted by Gasteiger charge is -2.34. The first kappa shape index (κ1) is 21.3. The van der Waals surface area contributed by atoms with E-state index in [0.717, 1.165) is 29.8 Å². The molecular weight excluding hydrogens is 338 g/mol. The summed E-state index contributed by atoms with van der Waals surface area (Å²) in [6.45, 7) is 10.8. The van der Waals surface area contributed by atoms with Crippen molar-refractivity contribution in [1.82, 2.24) is 4.90 Å². The molecular formula is C22H35N3O2. The van der Waals surface area contributed by atoms with E-state index >= 15 is 0 Å². The van der Waals surface area contributed by atoms with E-state index in [1.807, 2.05) is 51.0 Å². The Morgan fingerprint density at radius 1 is 1.11 bits per heavy atom. The van der Waals surface area contributed by atoms with Gasteiger partial charge in [0.05, 0.1) is 0 Å². The summed E-state index contributed by atoms with van der Waals surface area (Å²) >= 11 is 0. The van der Waals surface area contributed by atoms with Crippen molar-refractivity contribution in [2.24, 2.45) is 17.8 Å². The summed E-state index contributed by atoms with van der Waals surface area (Å²) in [6, 6.07) is 6.12. The maximum Gasteiger partial charge on any atom is 0.227 e. The van der Waals surface area contributed by atoms with Gasteiger partial charge in [0, 0.05) is 49.9 Å². The molecule has 0 aliphatic heterocycles. The predicted molar refractivity (Wildman–Crippen MR) is 112 cm³/mol. The average molecular weight is 374 g/mol. The fraction of sp³-hybridized carbons (Fsp3) is 0.636. The topological polar surface area (TPSA) is 52.7 Å². The van der Waals surface area contributed by atoms with Gasteiger partial charge in [-0.1, -0.05) is 27.7 Å². The van der Waals surface area contributed by atoms with Crippen LogP contribution < -0.4 is 10.2 Å². The first-order valence-electron chi connectivity index (χ1n) is 10.0. The monoisotopic (exact) mass is 373 g/mol. The van der Waals surface area contributed by atoms with Crippen LogP contribution in [0.1, 0.15) is 53.0 Å². The minimum atomic E-state index is -0.0493. The lowest BCUT2D eigenvalue weighted by molar-refractivity contribution is -0.138. The second-order valence-corrected chi connectivity index (χ2v) is 8.61. The average Bonchev–Trinajstić information content (AvgIpc) is 3.43. The quantitative estimate of drug-likeness (QED) is 0.745. The third-order valence-corrected chi connectivity index (χ3v) is 5.35. The summed E-state index contributed by atoms with van der Waals surface area (Å²) in [6.07, 6.45) is 1.97. The number of anilines is 2. The summed E-state index contributed by atoms with van der Waals surface area (Å²) in [5.41, 5.74) is 2.92. The Labute approximate surface area is 164 Å². The predicted octanol–water partition coefficient (Wildman–Crippen LogP) is 4.13. The summed E-state index contributed by atoms with van der Waals surface area (Å²) < 4.78 is 0.